The summed E-state index contributed by atoms with van der Waals surface area (Å²) in [6.07, 6.45) is 5.09. The smallest absolute Gasteiger partial charge is 0.0366 e. The van der Waals surface area contributed by atoms with Crippen molar-refractivity contribution >= 4 is 5.69 Å². The Morgan fingerprint density at radius 1 is 1.00 bits per heavy atom. The Balaban J connectivity index is 1.79. The fourth-order valence-corrected chi connectivity index (χ4v) is 2.78. The maximum Gasteiger partial charge on any atom is 0.0366 e. The van der Waals surface area contributed by atoms with Crippen LogP contribution in [0.4, 0.5) is 5.69 Å². The second-order valence-corrected chi connectivity index (χ2v) is 5.37. The molecular weight excluding hydrogens is 234 g/mol. The highest BCUT2D eigenvalue weighted by atomic mass is 15.2. The van der Waals surface area contributed by atoms with Crippen molar-refractivity contribution in [2.75, 3.05) is 44.2 Å². The minimum absolute atomic E-state index is 0.773. The highest BCUT2D eigenvalue weighted by molar-refractivity contribution is 5.45. The van der Waals surface area contributed by atoms with Gasteiger partial charge in [-0.2, -0.15) is 0 Å². The van der Waals surface area contributed by atoms with Crippen LogP contribution >= 0.6 is 0 Å². The maximum absolute atomic E-state index is 5.65. The third kappa shape index (κ3) is 4.84. The molecule has 1 aliphatic rings. The summed E-state index contributed by atoms with van der Waals surface area (Å²) in [5, 5.41) is 0. The largest absolute Gasteiger partial charge is 0.371 e. The molecular formula is C16H27N3. The Bertz CT molecular complexity index is 333. The number of nitrogens with two attached hydrogens (primary N) is 1. The van der Waals surface area contributed by atoms with Gasteiger partial charge in [-0.1, -0.05) is 18.2 Å². The van der Waals surface area contributed by atoms with Crippen molar-refractivity contribution in [2.24, 2.45) is 5.73 Å². The third-order valence-electron chi connectivity index (χ3n) is 3.85. The van der Waals surface area contributed by atoms with E-state index in [0.717, 1.165) is 26.1 Å². The summed E-state index contributed by atoms with van der Waals surface area (Å²) in [5.41, 5.74) is 6.98. The summed E-state index contributed by atoms with van der Waals surface area (Å²) in [6, 6.07) is 10.7. The molecule has 0 unspecified atom stereocenters. The molecule has 106 valence electrons. The topological polar surface area (TPSA) is 32.5 Å². The van der Waals surface area contributed by atoms with Crippen LogP contribution in [-0.2, 0) is 0 Å². The molecule has 1 heterocycles. The van der Waals surface area contributed by atoms with E-state index in [1.807, 2.05) is 0 Å². The molecule has 0 saturated carbocycles. The molecule has 0 spiro atoms. The number of hydrogen-bond acceptors (Lipinski definition) is 3. The van der Waals surface area contributed by atoms with Gasteiger partial charge in [-0.3, -0.25) is 0 Å². The number of anilines is 1. The van der Waals surface area contributed by atoms with Gasteiger partial charge in [0.15, 0.2) is 0 Å². The first-order valence-electron chi connectivity index (χ1n) is 7.62. The molecule has 19 heavy (non-hydrogen) atoms. The second-order valence-electron chi connectivity index (χ2n) is 5.37. The Morgan fingerprint density at radius 2 is 1.68 bits per heavy atom. The molecule has 3 heteroatoms. The number of rotatable bonds is 8. The molecule has 1 aromatic carbocycles. The van der Waals surface area contributed by atoms with Crippen LogP contribution < -0.4 is 10.6 Å². The summed E-state index contributed by atoms with van der Waals surface area (Å²) in [6.45, 7) is 6.82. The van der Waals surface area contributed by atoms with Crippen molar-refractivity contribution in [3.05, 3.63) is 30.3 Å². The molecule has 2 rings (SSSR count). The maximum atomic E-state index is 5.65. The van der Waals surface area contributed by atoms with E-state index in [-0.39, 0.29) is 0 Å². The number of nitrogens with zero attached hydrogens (tertiary/aromatic N) is 2. The van der Waals surface area contributed by atoms with Crippen LogP contribution in [-0.4, -0.2) is 44.2 Å². The van der Waals surface area contributed by atoms with Crippen molar-refractivity contribution in [3.63, 3.8) is 0 Å². The van der Waals surface area contributed by atoms with Gasteiger partial charge < -0.3 is 15.5 Å². The van der Waals surface area contributed by atoms with Gasteiger partial charge in [-0.25, -0.2) is 0 Å². The van der Waals surface area contributed by atoms with Gasteiger partial charge in [0.05, 0.1) is 0 Å². The van der Waals surface area contributed by atoms with Crippen molar-refractivity contribution in [1.29, 1.82) is 0 Å². The van der Waals surface area contributed by atoms with Gasteiger partial charge in [-0.05, 0) is 64.0 Å². The van der Waals surface area contributed by atoms with E-state index < -0.39 is 0 Å². The number of para-hydroxylation sites is 1. The van der Waals surface area contributed by atoms with Gasteiger partial charge >= 0.3 is 0 Å². The predicted molar refractivity (Wildman–Crippen MR) is 82.6 cm³/mol. The summed E-state index contributed by atoms with van der Waals surface area (Å²) in [4.78, 5) is 5.06. The molecule has 1 aromatic rings. The van der Waals surface area contributed by atoms with Crippen molar-refractivity contribution in [3.8, 4) is 0 Å². The van der Waals surface area contributed by atoms with Crippen LogP contribution in [0.5, 0.6) is 0 Å². The molecule has 0 aliphatic carbocycles. The van der Waals surface area contributed by atoms with Crippen LogP contribution in [0.15, 0.2) is 30.3 Å². The van der Waals surface area contributed by atoms with Crippen molar-refractivity contribution in [2.45, 2.75) is 25.7 Å². The highest BCUT2D eigenvalue weighted by Crippen LogP contribution is 2.15. The molecule has 0 amide bonds. The van der Waals surface area contributed by atoms with Gasteiger partial charge in [0, 0.05) is 18.8 Å². The van der Waals surface area contributed by atoms with Crippen LogP contribution in [0.25, 0.3) is 0 Å². The van der Waals surface area contributed by atoms with Crippen molar-refractivity contribution in [1.82, 2.24) is 4.90 Å². The van der Waals surface area contributed by atoms with Gasteiger partial charge in [0.1, 0.15) is 0 Å². The molecule has 1 saturated heterocycles. The molecule has 0 radical (unpaired) electrons. The summed E-state index contributed by atoms with van der Waals surface area (Å²) in [7, 11) is 0. The monoisotopic (exact) mass is 261 g/mol. The first-order valence-corrected chi connectivity index (χ1v) is 7.62. The zero-order valence-corrected chi connectivity index (χ0v) is 11.9. The minimum Gasteiger partial charge on any atom is -0.371 e. The molecule has 1 aliphatic heterocycles. The zero-order valence-electron chi connectivity index (χ0n) is 11.9. The van der Waals surface area contributed by atoms with E-state index in [1.165, 1.54) is 44.6 Å². The standard InChI is InChI=1S/C16H27N3/c17-10-6-14-19(16-8-2-1-3-9-16)15-7-13-18-11-4-5-12-18/h1-3,8-9H,4-7,10-15,17H2. The van der Waals surface area contributed by atoms with E-state index in [1.54, 1.807) is 0 Å². The quantitative estimate of drug-likeness (QED) is 0.779. The van der Waals surface area contributed by atoms with Gasteiger partial charge in [0.25, 0.3) is 0 Å². The normalized spacial score (nSPS) is 15.8. The van der Waals surface area contributed by atoms with E-state index in [9.17, 15) is 0 Å². The van der Waals surface area contributed by atoms with Crippen LogP contribution in [0.2, 0.25) is 0 Å². The molecule has 0 atom stereocenters. The Morgan fingerprint density at radius 3 is 2.37 bits per heavy atom. The van der Waals surface area contributed by atoms with Gasteiger partial charge in [-0.15, -0.1) is 0 Å². The second kappa shape index (κ2) is 8.18. The summed E-state index contributed by atoms with van der Waals surface area (Å²) < 4.78 is 0. The Hall–Kier alpha value is -1.06. The summed E-state index contributed by atoms with van der Waals surface area (Å²) >= 11 is 0. The average Bonchev–Trinajstić information content (AvgIpc) is 2.97. The lowest BCUT2D eigenvalue weighted by Crippen LogP contribution is -2.30. The number of likely N-dealkylation sites (tertiary alicyclic amines) is 1. The Kier molecular flexibility index (Phi) is 6.18. The molecule has 0 bridgehead atoms. The lowest BCUT2D eigenvalue weighted by molar-refractivity contribution is 0.334. The van der Waals surface area contributed by atoms with E-state index in [4.69, 9.17) is 5.73 Å². The van der Waals surface area contributed by atoms with Crippen LogP contribution in [0.1, 0.15) is 25.7 Å². The van der Waals surface area contributed by atoms with Gasteiger partial charge in [0.2, 0.25) is 0 Å². The third-order valence-corrected chi connectivity index (χ3v) is 3.85. The first-order chi connectivity index (χ1) is 9.40. The highest BCUT2D eigenvalue weighted by Gasteiger charge is 2.11. The first kappa shape index (κ1) is 14.4. The average molecular weight is 261 g/mol. The lowest BCUT2D eigenvalue weighted by atomic mass is 10.2. The van der Waals surface area contributed by atoms with E-state index in [2.05, 4.69) is 40.1 Å². The van der Waals surface area contributed by atoms with Crippen LogP contribution in [0, 0.1) is 0 Å². The fourth-order valence-electron chi connectivity index (χ4n) is 2.78. The van der Waals surface area contributed by atoms with E-state index in [0.29, 0.717) is 0 Å². The summed E-state index contributed by atoms with van der Waals surface area (Å²) in [5.74, 6) is 0. The number of benzene rings is 1. The minimum atomic E-state index is 0.773. The van der Waals surface area contributed by atoms with Crippen LogP contribution in [0.3, 0.4) is 0 Å². The van der Waals surface area contributed by atoms with Crippen molar-refractivity contribution < 1.29 is 0 Å². The zero-order chi connectivity index (χ0) is 13.3. The lowest BCUT2D eigenvalue weighted by Gasteiger charge is -2.26. The molecule has 0 aromatic heterocycles. The molecule has 1 fully saturated rings. The SMILES string of the molecule is NCCCN(CCCN1CCCC1)c1ccccc1. The van der Waals surface area contributed by atoms with E-state index >= 15 is 0 Å². The predicted octanol–water partition coefficient (Wildman–Crippen LogP) is 2.33. The molecule has 2 N–H and O–H groups in total. The fraction of sp³-hybridized carbons (Fsp3) is 0.625. The number of hydrogen-bond donors (Lipinski definition) is 1. The molecule has 3 nitrogen and oxygen atoms in total. The Labute approximate surface area is 117 Å².